The van der Waals surface area contributed by atoms with E-state index in [9.17, 15) is 19.2 Å². The van der Waals surface area contributed by atoms with Crippen molar-refractivity contribution in [2.24, 2.45) is 28.6 Å². The van der Waals surface area contributed by atoms with Crippen molar-refractivity contribution in [2.75, 3.05) is 0 Å². The van der Waals surface area contributed by atoms with Gasteiger partial charge in [0.2, 0.25) is 0 Å². The summed E-state index contributed by atoms with van der Waals surface area (Å²) < 4.78 is 13.5. The topological polar surface area (TPSA) is 74.6 Å². The fraction of sp³-hybridized carbons (Fsp3) is 0.593. The largest absolute Gasteiger partial charge is 0.392 e. The number of fused-ring (bicyclic) bond motifs is 5. The van der Waals surface area contributed by atoms with E-state index in [0.717, 1.165) is 31.3 Å². The predicted octanol–water partition coefficient (Wildman–Crippen LogP) is 4.54. The lowest BCUT2D eigenvalue weighted by molar-refractivity contribution is -0.196. The van der Waals surface area contributed by atoms with Crippen LogP contribution in [0.15, 0.2) is 58.4 Å². The van der Waals surface area contributed by atoms with Gasteiger partial charge in [-0.1, -0.05) is 44.2 Å². The summed E-state index contributed by atoms with van der Waals surface area (Å²) in [6, 6.07) is 9.35. The molecule has 0 radical (unpaired) electrons. The number of hydrogen-bond acceptors (Lipinski definition) is 4. The van der Waals surface area contributed by atoms with Gasteiger partial charge in [-0.2, -0.15) is 0 Å². The molecule has 0 heterocycles. The number of ketones is 1. The first-order valence-electron chi connectivity index (χ1n) is 11.9. The van der Waals surface area contributed by atoms with E-state index in [0.29, 0.717) is 29.1 Å². The lowest BCUT2D eigenvalue weighted by Crippen LogP contribution is -2.62. The minimum Gasteiger partial charge on any atom is -0.392 e. The number of carbonyl (C=O) groups excluding carboxylic acids is 1. The number of rotatable bonds is 3. The Morgan fingerprint density at radius 3 is 2.53 bits per heavy atom. The summed E-state index contributed by atoms with van der Waals surface area (Å²) in [6.45, 7) is 8.57. The van der Waals surface area contributed by atoms with E-state index in [1.54, 1.807) is 0 Å². The van der Waals surface area contributed by atoms with Crippen LogP contribution in [-0.2, 0) is 15.6 Å². The van der Waals surface area contributed by atoms with Gasteiger partial charge in [0.15, 0.2) is 5.78 Å². The van der Waals surface area contributed by atoms with Gasteiger partial charge in [-0.15, -0.1) is 0 Å². The lowest BCUT2D eigenvalue weighted by Gasteiger charge is -2.62. The Morgan fingerprint density at radius 2 is 1.81 bits per heavy atom. The average molecular weight is 455 g/mol. The second-order valence-corrected chi connectivity index (χ2v) is 12.4. The van der Waals surface area contributed by atoms with E-state index >= 15 is 0 Å². The van der Waals surface area contributed by atoms with Crippen LogP contribution in [-0.4, -0.2) is 31.9 Å². The van der Waals surface area contributed by atoms with Crippen molar-refractivity contribution in [3.05, 3.63) is 53.5 Å². The molecule has 0 aromatic heterocycles. The first-order valence-corrected chi connectivity index (χ1v) is 13.1. The molecule has 0 saturated heterocycles. The van der Waals surface area contributed by atoms with Crippen LogP contribution in [0.3, 0.4) is 0 Å². The summed E-state index contributed by atoms with van der Waals surface area (Å²) in [6.07, 6.45) is 6.20. The Morgan fingerprint density at radius 1 is 1.09 bits per heavy atom. The number of hydrogen-bond donors (Lipinski definition) is 2. The van der Waals surface area contributed by atoms with E-state index in [1.165, 1.54) is 0 Å². The number of benzene rings is 1. The highest BCUT2D eigenvalue weighted by Gasteiger charge is 2.67. The van der Waals surface area contributed by atoms with Crippen molar-refractivity contribution in [1.29, 1.82) is 0 Å². The molecule has 8 atom stereocenters. The first kappa shape index (κ1) is 22.2. The Balaban J connectivity index is 1.55. The van der Waals surface area contributed by atoms with Crippen LogP contribution in [0, 0.1) is 28.6 Å². The standard InChI is InChI=1S/C27H34O4S/c1-17(32(31)20-7-5-4-6-8-20)23-16-19(28)15-18-9-10-22-21(26(18,23)3)11-13-25(2)24(29)12-14-27(22,25)30/h4-8,15,21-24,29-30H,1,9-14,16H2,2-3H3/t21-,22-,23?,24?,25-,26+,27-,32?/m1/s1. The van der Waals surface area contributed by atoms with Crippen LogP contribution in [0.1, 0.15) is 58.8 Å². The van der Waals surface area contributed by atoms with E-state index in [4.69, 9.17) is 0 Å². The maximum absolute atomic E-state index is 13.5. The highest BCUT2D eigenvalue weighted by Crippen LogP contribution is 2.68. The highest BCUT2D eigenvalue weighted by molar-refractivity contribution is 7.89. The third-order valence-corrected chi connectivity index (χ3v) is 11.3. The van der Waals surface area contributed by atoms with Crippen LogP contribution in [0.4, 0.5) is 0 Å². The molecule has 0 bridgehead atoms. The minimum atomic E-state index is -1.40. The van der Waals surface area contributed by atoms with Gasteiger partial charge in [-0.25, -0.2) is 4.21 Å². The fourth-order valence-electron chi connectivity index (χ4n) is 7.86. The van der Waals surface area contributed by atoms with Gasteiger partial charge in [0.05, 0.1) is 22.5 Å². The summed E-state index contributed by atoms with van der Waals surface area (Å²) in [5.74, 6) is 0.105. The fourth-order valence-corrected chi connectivity index (χ4v) is 9.15. The molecule has 0 amide bonds. The van der Waals surface area contributed by atoms with Crippen molar-refractivity contribution >= 4 is 16.6 Å². The average Bonchev–Trinajstić information content (AvgIpc) is 3.03. The van der Waals surface area contributed by atoms with Gasteiger partial charge in [0.1, 0.15) is 0 Å². The van der Waals surface area contributed by atoms with E-state index in [2.05, 4.69) is 20.4 Å². The van der Waals surface area contributed by atoms with E-state index in [1.807, 2.05) is 36.4 Å². The van der Waals surface area contributed by atoms with Gasteiger partial charge in [-0.05, 0) is 74.0 Å². The minimum absolute atomic E-state index is 0.0641. The Kier molecular flexibility index (Phi) is 5.20. The molecule has 3 saturated carbocycles. The molecule has 0 aliphatic heterocycles. The van der Waals surface area contributed by atoms with Crippen molar-refractivity contribution in [3.8, 4) is 0 Å². The second kappa shape index (κ2) is 7.48. The Hall–Kier alpha value is -1.56. The molecule has 3 unspecified atom stereocenters. The zero-order valence-electron chi connectivity index (χ0n) is 19.0. The molecule has 4 aliphatic rings. The van der Waals surface area contributed by atoms with Gasteiger partial charge in [0.25, 0.3) is 0 Å². The van der Waals surface area contributed by atoms with Crippen molar-refractivity contribution in [1.82, 2.24) is 0 Å². The SMILES string of the molecule is C=C(C1CC(=O)C=C2CC[C@@H]3[C@@H](CC[C@]4(C)C(O)CC[C@@]34O)[C@]21C)S(=O)c1ccccc1. The van der Waals surface area contributed by atoms with Gasteiger partial charge in [-0.3, -0.25) is 4.79 Å². The monoisotopic (exact) mass is 454 g/mol. The quantitative estimate of drug-likeness (QED) is 0.703. The molecule has 1 aromatic carbocycles. The van der Waals surface area contributed by atoms with Crippen LogP contribution >= 0.6 is 0 Å². The molecule has 172 valence electrons. The summed E-state index contributed by atoms with van der Waals surface area (Å²) in [5.41, 5.74) is -0.592. The normalized spacial score (nSPS) is 44.1. The zero-order chi connectivity index (χ0) is 22.9. The molecule has 32 heavy (non-hydrogen) atoms. The van der Waals surface area contributed by atoms with E-state index < -0.39 is 27.9 Å². The zero-order valence-corrected chi connectivity index (χ0v) is 19.9. The molecular formula is C27H34O4S. The molecule has 5 heteroatoms. The number of aliphatic hydroxyl groups excluding tert-OH is 1. The summed E-state index contributed by atoms with van der Waals surface area (Å²) >= 11 is 0. The van der Waals surface area contributed by atoms with Gasteiger partial charge < -0.3 is 10.2 Å². The molecule has 3 fully saturated rings. The number of aliphatic hydroxyl groups is 2. The summed E-state index contributed by atoms with van der Waals surface area (Å²) in [4.78, 5) is 14.1. The maximum Gasteiger partial charge on any atom is 0.156 e. The molecule has 4 nitrogen and oxygen atoms in total. The smallest absolute Gasteiger partial charge is 0.156 e. The van der Waals surface area contributed by atoms with E-state index in [-0.39, 0.29) is 29.0 Å². The third-order valence-electron chi connectivity index (χ3n) is 9.83. The molecular weight excluding hydrogens is 420 g/mol. The molecule has 5 rings (SSSR count). The van der Waals surface area contributed by atoms with Crippen molar-refractivity contribution in [2.45, 2.75) is 75.4 Å². The third kappa shape index (κ3) is 2.87. The molecule has 0 spiro atoms. The van der Waals surface area contributed by atoms with Crippen LogP contribution < -0.4 is 0 Å². The van der Waals surface area contributed by atoms with Crippen LogP contribution in [0.2, 0.25) is 0 Å². The first-order chi connectivity index (χ1) is 15.1. The van der Waals surface area contributed by atoms with Gasteiger partial charge >= 0.3 is 0 Å². The summed E-state index contributed by atoms with van der Waals surface area (Å²) in [7, 11) is -1.40. The predicted molar refractivity (Wildman–Crippen MR) is 125 cm³/mol. The maximum atomic E-state index is 13.5. The van der Waals surface area contributed by atoms with Crippen LogP contribution in [0.25, 0.3) is 0 Å². The second-order valence-electron chi connectivity index (χ2n) is 10.9. The lowest BCUT2D eigenvalue weighted by atomic mass is 9.44. The molecule has 1 aromatic rings. The Labute approximate surface area is 193 Å². The van der Waals surface area contributed by atoms with Crippen molar-refractivity contribution in [3.63, 3.8) is 0 Å². The summed E-state index contributed by atoms with van der Waals surface area (Å²) in [5, 5.41) is 22.7. The number of allylic oxidation sites excluding steroid dienone is 2. The van der Waals surface area contributed by atoms with Gasteiger partial charge in [0, 0.05) is 27.6 Å². The van der Waals surface area contributed by atoms with Crippen molar-refractivity contribution < 1.29 is 19.2 Å². The number of carbonyl (C=O) groups is 1. The van der Waals surface area contributed by atoms with Crippen LogP contribution in [0.5, 0.6) is 0 Å². The highest BCUT2D eigenvalue weighted by atomic mass is 32.2. The molecule has 4 aliphatic carbocycles. The molecule has 2 N–H and O–H groups in total. The Bertz CT molecular complexity index is 1020.